The minimum absolute atomic E-state index is 0.237. The molecule has 26 heavy (non-hydrogen) atoms. The number of carbonyl (C=O) groups is 1. The Labute approximate surface area is 162 Å². The molecule has 0 heterocycles. The van der Waals surface area contributed by atoms with Crippen molar-refractivity contribution in [2.24, 2.45) is 5.92 Å². The van der Waals surface area contributed by atoms with Gasteiger partial charge in [0, 0.05) is 23.3 Å². The summed E-state index contributed by atoms with van der Waals surface area (Å²) in [6, 6.07) is 12.7. The Morgan fingerprint density at radius 3 is 2.65 bits per heavy atom. The first-order valence-electron chi connectivity index (χ1n) is 8.45. The van der Waals surface area contributed by atoms with Crippen LogP contribution >= 0.6 is 15.9 Å². The molecule has 0 aliphatic rings. The maximum Gasteiger partial charge on any atom is 0.259 e. The first-order chi connectivity index (χ1) is 12.5. The van der Waals surface area contributed by atoms with Crippen molar-refractivity contribution in [2.45, 2.75) is 13.8 Å². The number of amides is 1. The molecule has 2 aromatic carbocycles. The lowest BCUT2D eigenvalue weighted by molar-refractivity contribution is 0.102. The third-order valence-electron chi connectivity index (χ3n) is 3.41. The highest BCUT2D eigenvalue weighted by atomic mass is 79.9. The van der Waals surface area contributed by atoms with E-state index in [1.165, 1.54) is 0 Å². The van der Waals surface area contributed by atoms with E-state index in [0.29, 0.717) is 48.5 Å². The molecule has 140 valence electrons. The number of carbonyl (C=O) groups excluding carboxylic acids is 1. The average molecular weight is 422 g/mol. The Morgan fingerprint density at radius 1 is 1.12 bits per heavy atom. The summed E-state index contributed by atoms with van der Waals surface area (Å²) in [6.07, 6.45) is 0. The number of hydrogen-bond donors (Lipinski definition) is 1. The number of hydrogen-bond acceptors (Lipinski definition) is 4. The first-order valence-corrected chi connectivity index (χ1v) is 9.24. The minimum atomic E-state index is -0.237. The van der Waals surface area contributed by atoms with Crippen LogP contribution in [-0.2, 0) is 4.74 Å². The molecule has 1 amide bonds. The summed E-state index contributed by atoms with van der Waals surface area (Å²) >= 11 is 3.41. The van der Waals surface area contributed by atoms with Gasteiger partial charge in [0.15, 0.2) is 0 Å². The van der Waals surface area contributed by atoms with E-state index in [4.69, 9.17) is 14.2 Å². The molecular formula is C20H24BrNO4. The van der Waals surface area contributed by atoms with Gasteiger partial charge in [0.2, 0.25) is 0 Å². The monoisotopic (exact) mass is 421 g/mol. The van der Waals surface area contributed by atoms with E-state index in [2.05, 4.69) is 35.1 Å². The van der Waals surface area contributed by atoms with E-state index in [0.717, 1.165) is 4.47 Å². The predicted molar refractivity (Wildman–Crippen MR) is 106 cm³/mol. The topological polar surface area (TPSA) is 56.8 Å². The van der Waals surface area contributed by atoms with E-state index in [9.17, 15) is 4.79 Å². The summed E-state index contributed by atoms with van der Waals surface area (Å²) in [6.45, 7) is 5.63. The molecule has 0 fully saturated rings. The third-order valence-corrected chi connectivity index (χ3v) is 3.90. The van der Waals surface area contributed by atoms with Crippen LogP contribution in [0.25, 0.3) is 0 Å². The predicted octanol–water partition coefficient (Wildman–Crippen LogP) is 4.76. The molecule has 0 aliphatic carbocycles. The van der Waals surface area contributed by atoms with Crippen molar-refractivity contribution in [1.82, 2.24) is 0 Å². The summed E-state index contributed by atoms with van der Waals surface area (Å²) in [5.41, 5.74) is 1.13. The van der Waals surface area contributed by atoms with E-state index in [1.807, 2.05) is 24.3 Å². The summed E-state index contributed by atoms with van der Waals surface area (Å²) in [5.74, 6) is 1.37. The molecule has 0 unspecified atom stereocenters. The molecule has 1 N–H and O–H groups in total. The van der Waals surface area contributed by atoms with Gasteiger partial charge in [-0.3, -0.25) is 4.79 Å². The van der Waals surface area contributed by atoms with Crippen LogP contribution in [0.15, 0.2) is 46.9 Å². The van der Waals surface area contributed by atoms with Crippen LogP contribution in [0.4, 0.5) is 5.69 Å². The molecule has 0 radical (unpaired) electrons. The van der Waals surface area contributed by atoms with E-state index >= 15 is 0 Å². The van der Waals surface area contributed by atoms with Gasteiger partial charge in [-0.2, -0.15) is 0 Å². The molecule has 0 atom stereocenters. The van der Waals surface area contributed by atoms with Crippen LogP contribution in [0.5, 0.6) is 11.5 Å². The van der Waals surface area contributed by atoms with Gasteiger partial charge >= 0.3 is 0 Å². The van der Waals surface area contributed by atoms with Crippen molar-refractivity contribution in [3.63, 3.8) is 0 Å². The quantitative estimate of drug-likeness (QED) is 0.592. The molecule has 5 nitrogen and oxygen atoms in total. The SMILES string of the molecule is COCCOc1cccc(NC(=O)c2cc(Br)ccc2OCC(C)C)c1. The number of nitrogens with one attached hydrogen (secondary N) is 1. The van der Waals surface area contributed by atoms with Gasteiger partial charge in [0.1, 0.15) is 18.1 Å². The molecule has 2 aromatic rings. The largest absolute Gasteiger partial charge is 0.492 e. The number of anilines is 1. The van der Waals surface area contributed by atoms with E-state index in [-0.39, 0.29) is 5.91 Å². The normalized spacial score (nSPS) is 10.7. The highest BCUT2D eigenvalue weighted by Gasteiger charge is 2.14. The van der Waals surface area contributed by atoms with Gasteiger partial charge in [-0.15, -0.1) is 0 Å². The lowest BCUT2D eigenvalue weighted by Crippen LogP contribution is -2.15. The Kier molecular flexibility index (Phi) is 7.94. The van der Waals surface area contributed by atoms with Gasteiger partial charge in [-0.1, -0.05) is 35.8 Å². The minimum Gasteiger partial charge on any atom is -0.492 e. The fourth-order valence-electron chi connectivity index (χ4n) is 2.17. The second-order valence-electron chi connectivity index (χ2n) is 6.17. The lowest BCUT2D eigenvalue weighted by atomic mass is 10.1. The molecule has 0 spiro atoms. The smallest absolute Gasteiger partial charge is 0.259 e. The van der Waals surface area contributed by atoms with Crippen molar-refractivity contribution in [3.05, 3.63) is 52.5 Å². The number of ether oxygens (including phenoxy) is 3. The second-order valence-corrected chi connectivity index (χ2v) is 7.08. The third kappa shape index (κ3) is 6.35. The Balaban J connectivity index is 2.11. The first kappa shape index (κ1) is 20.3. The van der Waals surface area contributed by atoms with Crippen LogP contribution < -0.4 is 14.8 Å². The Morgan fingerprint density at radius 2 is 1.92 bits per heavy atom. The molecule has 0 saturated heterocycles. The standard InChI is InChI=1S/C20H24BrNO4/c1-14(2)13-26-19-8-7-15(21)11-18(19)20(23)22-16-5-4-6-17(12-16)25-10-9-24-3/h4-8,11-12,14H,9-10,13H2,1-3H3,(H,22,23). The Bertz CT molecular complexity index is 734. The summed E-state index contributed by atoms with van der Waals surface area (Å²) in [5, 5.41) is 2.89. The second kappa shape index (κ2) is 10.2. The fourth-order valence-corrected chi connectivity index (χ4v) is 2.53. The van der Waals surface area contributed by atoms with Crippen LogP contribution in [-0.4, -0.2) is 32.8 Å². The molecular weight excluding hydrogens is 398 g/mol. The highest BCUT2D eigenvalue weighted by molar-refractivity contribution is 9.10. The summed E-state index contributed by atoms with van der Waals surface area (Å²) in [4.78, 5) is 12.7. The van der Waals surface area contributed by atoms with Crippen molar-refractivity contribution in [2.75, 3.05) is 32.2 Å². The lowest BCUT2D eigenvalue weighted by Gasteiger charge is -2.14. The van der Waals surface area contributed by atoms with Gasteiger partial charge in [-0.05, 0) is 36.2 Å². The fraction of sp³-hybridized carbons (Fsp3) is 0.350. The number of methoxy groups -OCH3 is 1. The molecule has 0 aromatic heterocycles. The summed E-state index contributed by atoms with van der Waals surface area (Å²) in [7, 11) is 1.62. The van der Waals surface area contributed by atoms with Crippen LogP contribution in [0.3, 0.4) is 0 Å². The van der Waals surface area contributed by atoms with Crippen molar-refractivity contribution >= 4 is 27.5 Å². The van der Waals surface area contributed by atoms with Crippen molar-refractivity contribution in [1.29, 1.82) is 0 Å². The maximum absolute atomic E-state index is 12.7. The molecule has 2 rings (SSSR count). The zero-order chi connectivity index (χ0) is 18.9. The van der Waals surface area contributed by atoms with Crippen molar-refractivity contribution < 1.29 is 19.0 Å². The van der Waals surface area contributed by atoms with Gasteiger partial charge in [0.25, 0.3) is 5.91 Å². The van der Waals surface area contributed by atoms with Crippen molar-refractivity contribution in [3.8, 4) is 11.5 Å². The molecule has 0 aliphatic heterocycles. The van der Waals surface area contributed by atoms with E-state index in [1.54, 1.807) is 25.3 Å². The summed E-state index contributed by atoms with van der Waals surface area (Å²) < 4.78 is 17.1. The van der Waals surface area contributed by atoms with Gasteiger partial charge in [0.05, 0.1) is 18.8 Å². The molecule has 0 bridgehead atoms. The molecule has 6 heteroatoms. The van der Waals surface area contributed by atoms with Crippen LogP contribution in [0.1, 0.15) is 24.2 Å². The Hall–Kier alpha value is -2.05. The molecule has 0 saturated carbocycles. The maximum atomic E-state index is 12.7. The van der Waals surface area contributed by atoms with Crippen LogP contribution in [0, 0.1) is 5.92 Å². The number of halogens is 1. The van der Waals surface area contributed by atoms with Crippen LogP contribution in [0.2, 0.25) is 0 Å². The number of rotatable bonds is 9. The number of benzene rings is 2. The zero-order valence-corrected chi connectivity index (χ0v) is 16.8. The highest BCUT2D eigenvalue weighted by Crippen LogP contribution is 2.26. The van der Waals surface area contributed by atoms with Gasteiger partial charge in [-0.25, -0.2) is 0 Å². The zero-order valence-electron chi connectivity index (χ0n) is 15.3. The van der Waals surface area contributed by atoms with E-state index < -0.39 is 0 Å². The average Bonchev–Trinajstić information content (AvgIpc) is 2.61. The van der Waals surface area contributed by atoms with Gasteiger partial charge < -0.3 is 19.5 Å².